The van der Waals surface area contributed by atoms with E-state index >= 15 is 0 Å². The summed E-state index contributed by atoms with van der Waals surface area (Å²) in [6.07, 6.45) is -0.949. The molecule has 5 heteroatoms. The van der Waals surface area contributed by atoms with Gasteiger partial charge in [0.05, 0.1) is 19.6 Å². The fraction of sp³-hybridized carbons (Fsp3) is 0.800. The van der Waals surface area contributed by atoms with Crippen LogP contribution in [0, 0.1) is 0 Å². The van der Waals surface area contributed by atoms with Crippen LogP contribution in [-0.4, -0.2) is 37.9 Å². The third kappa shape index (κ3) is 6.06. The molecule has 0 N–H and O–H groups in total. The zero-order chi connectivity index (χ0) is 11.7. The largest absolute Gasteiger partial charge is 0.466 e. The van der Waals surface area contributed by atoms with Crippen LogP contribution < -0.4 is 0 Å². The van der Waals surface area contributed by atoms with Gasteiger partial charge in [-0.25, -0.2) is 4.79 Å². The molecule has 0 aliphatic heterocycles. The van der Waals surface area contributed by atoms with Crippen molar-refractivity contribution in [2.45, 2.75) is 33.3 Å². The summed E-state index contributed by atoms with van der Waals surface area (Å²) >= 11 is 0. The van der Waals surface area contributed by atoms with Gasteiger partial charge in [-0.2, -0.15) is 0 Å². The fourth-order valence-corrected chi connectivity index (χ4v) is 1.02. The number of hydrogen-bond donors (Lipinski definition) is 0. The highest BCUT2D eigenvalue weighted by molar-refractivity contribution is 5.81. The van der Waals surface area contributed by atoms with E-state index in [1.54, 1.807) is 20.8 Å². The van der Waals surface area contributed by atoms with Crippen LogP contribution in [0.2, 0.25) is 0 Å². The van der Waals surface area contributed by atoms with Crippen LogP contribution in [0.5, 0.6) is 0 Å². The predicted octanol–water partition coefficient (Wildman–Crippen LogP) is 0.908. The summed E-state index contributed by atoms with van der Waals surface area (Å²) in [7, 11) is 0. The molecule has 0 fully saturated rings. The van der Waals surface area contributed by atoms with Crippen molar-refractivity contribution < 1.29 is 23.8 Å². The summed E-state index contributed by atoms with van der Waals surface area (Å²) in [6.45, 7) is 6.06. The van der Waals surface area contributed by atoms with E-state index in [2.05, 4.69) is 0 Å². The highest BCUT2D eigenvalue weighted by Gasteiger charge is 2.23. The van der Waals surface area contributed by atoms with Crippen molar-refractivity contribution in [1.29, 1.82) is 0 Å². The van der Waals surface area contributed by atoms with Crippen LogP contribution in [0.3, 0.4) is 0 Å². The van der Waals surface area contributed by atoms with Crippen LogP contribution in [0.4, 0.5) is 0 Å². The van der Waals surface area contributed by atoms with Gasteiger partial charge in [0.15, 0.2) is 6.10 Å². The Morgan fingerprint density at radius 3 is 2.07 bits per heavy atom. The van der Waals surface area contributed by atoms with E-state index in [9.17, 15) is 9.59 Å². The van der Waals surface area contributed by atoms with Crippen molar-refractivity contribution in [2.75, 3.05) is 19.8 Å². The van der Waals surface area contributed by atoms with Crippen molar-refractivity contribution in [3.8, 4) is 0 Å². The van der Waals surface area contributed by atoms with Gasteiger partial charge in [0.1, 0.15) is 0 Å². The molecular weight excluding hydrogens is 200 g/mol. The number of esters is 2. The zero-order valence-corrected chi connectivity index (χ0v) is 9.45. The third-order valence-corrected chi connectivity index (χ3v) is 1.57. The molecule has 0 aromatic heterocycles. The second kappa shape index (κ2) is 8.23. The van der Waals surface area contributed by atoms with Gasteiger partial charge in [-0.05, 0) is 20.8 Å². The van der Waals surface area contributed by atoms with Crippen molar-refractivity contribution >= 4 is 11.9 Å². The van der Waals surface area contributed by atoms with E-state index < -0.39 is 18.0 Å². The monoisotopic (exact) mass is 218 g/mol. The summed E-state index contributed by atoms with van der Waals surface area (Å²) in [5.41, 5.74) is 0. The lowest BCUT2D eigenvalue weighted by Gasteiger charge is -2.14. The molecule has 0 spiro atoms. The summed E-state index contributed by atoms with van der Waals surface area (Å²) < 4.78 is 14.6. The standard InChI is InChI=1S/C10H18O5/c1-4-13-8(10(12)15-6-3)7-9(11)14-5-2/h8H,4-7H2,1-3H3. The molecule has 0 aromatic carbocycles. The number of carbonyl (C=O) groups is 2. The van der Waals surface area contributed by atoms with Gasteiger partial charge in [-0.15, -0.1) is 0 Å². The normalized spacial score (nSPS) is 11.9. The van der Waals surface area contributed by atoms with Gasteiger partial charge in [0.2, 0.25) is 0 Å². The van der Waals surface area contributed by atoms with Gasteiger partial charge < -0.3 is 14.2 Å². The van der Waals surface area contributed by atoms with E-state index in [-0.39, 0.29) is 13.0 Å². The Bertz CT molecular complexity index is 202. The minimum Gasteiger partial charge on any atom is -0.466 e. The lowest BCUT2D eigenvalue weighted by molar-refractivity contribution is -0.163. The van der Waals surface area contributed by atoms with E-state index in [4.69, 9.17) is 14.2 Å². The average molecular weight is 218 g/mol. The molecule has 0 aliphatic carbocycles. The number of rotatable bonds is 7. The second-order valence-electron chi connectivity index (χ2n) is 2.71. The van der Waals surface area contributed by atoms with Gasteiger partial charge in [-0.1, -0.05) is 0 Å². The van der Waals surface area contributed by atoms with Gasteiger partial charge in [-0.3, -0.25) is 4.79 Å². The lowest BCUT2D eigenvalue weighted by Crippen LogP contribution is -2.30. The number of hydrogen-bond acceptors (Lipinski definition) is 5. The van der Waals surface area contributed by atoms with Crippen LogP contribution in [-0.2, 0) is 23.8 Å². The quantitative estimate of drug-likeness (QED) is 0.594. The Morgan fingerprint density at radius 2 is 1.60 bits per heavy atom. The van der Waals surface area contributed by atoms with Gasteiger partial charge >= 0.3 is 11.9 Å². The highest BCUT2D eigenvalue weighted by atomic mass is 16.6. The van der Waals surface area contributed by atoms with Crippen molar-refractivity contribution in [3.05, 3.63) is 0 Å². The van der Waals surface area contributed by atoms with Gasteiger partial charge in [0, 0.05) is 6.61 Å². The topological polar surface area (TPSA) is 61.8 Å². The second-order valence-corrected chi connectivity index (χ2v) is 2.71. The van der Waals surface area contributed by atoms with Crippen molar-refractivity contribution in [3.63, 3.8) is 0 Å². The van der Waals surface area contributed by atoms with E-state index in [0.29, 0.717) is 13.2 Å². The fourth-order valence-electron chi connectivity index (χ4n) is 1.02. The molecule has 0 saturated carbocycles. The number of ether oxygens (including phenoxy) is 3. The first-order valence-corrected chi connectivity index (χ1v) is 5.09. The van der Waals surface area contributed by atoms with Crippen LogP contribution in [0.25, 0.3) is 0 Å². The third-order valence-electron chi connectivity index (χ3n) is 1.57. The maximum atomic E-state index is 11.3. The minimum absolute atomic E-state index is 0.0967. The molecule has 0 rings (SSSR count). The molecule has 1 atom stereocenters. The zero-order valence-electron chi connectivity index (χ0n) is 9.45. The van der Waals surface area contributed by atoms with Crippen LogP contribution >= 0.6 is 0 Å². The molecule has 0 saturated heterocycles. The Balaban J connectivity index is 4.13. The number of carbonyl (C=O) groups excluding carboxylic acids is 2. The highest BCUT2D eigenvalue weighted by Crippen LogP contribution is 2.03. The molecule has 0 aromatic rings. The first-order valence-electron chi connectivity index (χ1n) is 5.09. The molecule has 5 nitrogen and oxygen atoms in total. The van der Waals surface area contributed by atoms with E-state index in [0.717, 1.165) is 0 Å². The summed E-state index contributed by atoms with van der Waals surface area (Å²) in [5, 5.41) is 0. The molecule has 88 valence electrons. The molecule has 15 heavy (non-hydrogen) atoms. The van der Waals surface area contributed by atoms with Crippen LogP contribution in [0.1, 0.15) is 27.2 Å². The maximum absolute atomic E-state index is 11.3. The Morgan fingerprint density at radius 1 is 1.00 bits per heavy atom. The van der Waals surface area contributed by atoms with E-state index in [1.165, 1.54) is 0 Å². The summed E-state index contributed by atoms with van der Waals surface area (Å²) in [6, 6.07) is 0. The molecule has 1 unspecified atom stereocenters. The molecule has 0 bridgehead atoms. The first-order chi connectivity index (χ1) is 7.15. The Kier molecular flexibility index (Phi) is 7.62. The molecular formula is C10H18O5. The smallest absolute Gasteiger partial charge is 0.335 e. The summed E-state index contributed by atoms with van der Waals surface area (Å²) in [4.78, 5) is 22.4. The summed E-state index contributed by atoms with van der Waals surface area (Å²) in [5.74, 6) is -0.976. The lowest BCUT2D eigenvalue weighted by atomic mass is 10.2. The Hall–Kier alpha value is -1.10. The maximum Gasteiger partial charge on any atom is 0.335 e. The van der Waals surface area contributed by atoms with Crippen LogP contribution in [0.15, 0.2) is 0 Å². The minimum atomic E-state index is -0.853. The van der Waals surface area contributed by atoms with Crippen molar-refractivity contribution in [1.82, 2.24) is 0 Å². The van der Waals surface area contributed by atoms with Gasteiger partial charge in [0.25, 0.3) is 0 Å². The molecule has 0 amide bonds. The van der Waals surface area contributed by atoms with Crippen molar-refractivity contribution in [2.24, 2.45) is 0 Å². The average Bonchev–Trinajstić information content (AvgIpc) is 2.18. The molecule has 0 radical (unpaired) electrons. The Labute approximate surface area is 89.7 Å². The van der Waals surface area contributed by atoms with E-state index in [1.807, 2.05) is 0 Å². The predicted molar refractivity (Wildman–Crippen MR) is 53.3 cm³/mol. The SMILES string of the molecule is CCOC(=O)CC(OCC)C(=O)OCC. The molecule has 0 aliphatic rings. The molecule has 0 heterocycles. The first kappa shape index (κ1) is 13.9.